The van der Waals surface area contributed by atoms with Gasteiger partial charge in [0.2, 0.25) is 0 Å². The van der Waals surface area contributed by atoms with E-state index in [9.17, 15) is 14.3 Å². The molecule has 1 aromatic rings. The van der Waals surface area contributed by atoms with Crippen LogP contribution in [0, 0.1) is 11.7 Å². The zero-order valence-electron chi connectivity index (χ0n) is 9.21. The van der Waals surface area contributed by atoms with E-state index in [0.29, 0.717) is 10.0 Å². The van der Waals surface area contributed by atoms with Crippen LogP contribution in [0.4, 0.5) is 4.39 Å². The summed E-state index contributed by atoms with van der Waals surface area (Å²) < 4.78 is 13.3. The molecule has 88 valence electrons. The maximum Gasteiger partial charge on any atom is 0.165 e. The molecule has 0 amide bonds. The third kappa shape index (κ3) is 3.39. The average molecular weight is 289 g/mol. The van der Waals surface area contributed by atoms with E-state index >= 15 is 0 Å². The zero-order chi connectivity index (χ0) is 12.3. The first-order valence-electron chi connectivity index (χ1n) is 5.06. The third-order valence-electron chi connectivity index (χ3n) is 2.32. The Kier molecular flexibility index (Phi) is 4.62. The smallest absolute Gasteiger partial charge is 0.165 e. The number of rotatable bonds is 4. The second-order valence-electron chi connectivity index (χ2n) is 4.08. The second-order valence-corrected chi connectivity index (χ2v) is 4.93. The number of aliphatic hydroxyl groups excluding tert-OH is 1. The molecule has 2 nitrogen and oxygen atoms in total. The van der Waals surface area contributed by atoms with Gasteiger partial charge in [0.05, 0.1) is 4.47 Å². The van der Waals surface area contributed by atoms with E-state index in [1.54, 1.807) is 26.0 Å². The van der Waals surface area contributed by atoms with Crippen molar-refractivity contribution in [2.45, 2.75) is 26.4 Å². The van der Waals surface area contributed by atoms with Crippen molar-refractivity contribution in [3.8, 4) is 0 Å². The lowest BCUT2D eigenvalue weighted by molar-refractivity contribution is -0.128. The van der Waals surface area contributed by atoms with Gasteiger partial charge in [-0.15, -0.1) is 0 Å². The van der Waals surface area contributed by atoms with Crippen molar-refractivity contribution < 1.29 is 14.3 Å². The predicted octanol–water partition coefficient (Wildman–Crippen LogP) is 2.72. The Balaban J connectivity index is 2.74. The zero-order valence-corrected chi connectivity index (χ0v) is 10.8. The Bertz CT molecular complexity index is 391. The van der Waals surface area contributed by atoms with Gasteiger partial charge in [-0.2, -0.15) is 0 Å². The maximum atomic E-state index is 12.9. The highest BCUT2D eigenvalue weighted by atomic mass is 79.9. The minimum absolute atomic E-state index is 0.101. The van der Waals surface area contributed by atoms with Crippen LogP contribution in [0.15, 0.2) is 22.7 Å². The van der Waals surface area contributed by atoms with Gasteiger partial charge in [-0.05, 0) is 39.5 Å². The number of benzene rings is 1. The minimum Gasteiger partial charge on any atom is -0.385 e. The molecule has 0 saturated carbocycles. The molecule has 4 heteroatoms. The van der Waals surface area contributed by atoms with E-state index < -0.39 is 6.10 Å². The van der Waals surface area contributed by atoms with E-state index in [1.165, 1.54) is 6.07 Å². The maximum absolute atomic E-state index is 12.9. The quantitative estimate of drug-likeness (QED) is 0.925. The lowest BCUT2D eigenvalue weighted by Crippen LogP contribution is -2.27. The average Bonchev–Trinajstić information content (AvgIpc) is 2.22. The van der Waals surface area contributed by atoms with Crippen LogP contribution in [0.5, 0.6) is 0 Å². The van der Waals surface area contributed by atoms with Gasteiger partial charge >= 0.3 is 0 Å². The van der Waals surface area contributed by atoms with Gasteiger partial charge in [0.25, 0.3) is 0 Å². The third-order valence-corrected chi connectivity index (χ3v) is 2.93. The van der Waals surface area contributed by atoms with Crippen LogP contribution in [-0.2, 0) is 11.2 Å². The van der Waals surface area contributed by atoms with Gasteiger partial charge < -0.3 is 5.11 Å². The summed E-state index contributed by atoms with van der Waals surface area (Å²) in [5.41, 5.74) is 0.693. The van der Waals surface area contributed by atoms with Crippen molar-refractivity contribution in [1.29, 1.82) is 0 Å². The number of Topliss-reactive ketones (excluding diaryl/α,β-unsaturated/α-hetero) is 1. The van der Waals surface area contributed by atoms with Gasteiger partial charge in [-0.25, -0.2) is 4.39 Å². The van der Waals surface area contributed by atoms with E-state index in [2.05, 4.69) is 15.9 Å². The molecule has 1 aromatic carbocycles. The Morgan fingerprint density at radius 1 is 1.50 bits per heavy atom. The molecule has 0 fully saturated rings. The number of halogens is 2. The molecule has 0 aliphatic rings. The van der Waals surface area contributed by atoms with Crippen LogP contribution >= 0.6 is 15.9 Å². The van der Waals surface area contributed by atoms with Crippen LogP contribution in [0.1, 0.15) is 19.4 Å². The van der Waals surface area contributed by atoms with Crippen molar-refractivity contribution in [2.24, 2.45) is 5.92 Å². The molecule has 0 heterocycles. The summed E-state index contributed by atoms with van der Waals surface area (Å²) in [4.78, 5) is 11.6. The van der Waals surface area contributed by atoms with Crippen molar-refractivity contribution in [1.82, 2.24) is 0 Å². The summed E-state index contributed by atoms with van der Waals surface area (Å²) >= 11 is 3.05. The first-order chi connectivity index (χ1) is 7.41. The summed E-state index contributed by atoms with van der Waals surface area (Å²) in [5.74, 6) is -0.703. The molecule has 0 radical (unpaired) electrons. The van der Waals surface area contributed by atoms with E-state index in [-0.39, 0.29) is 23.9 Å². The number of hydrogen-bond donors (Lipinski definition) is 1. The molecule has 0 spiro atoms. The molecule has 0 bridgehead atoms. The lowest BCUT2D eigenvalue weighted by Gasteiger charge is -2.13. The summed E-state index contributed by atoms with van der Waals surface area (Å²) in [5, 5.41) is 9.54. The first kappa shape index (κ1) is 13.3. The molecule has 0 aliphatic carbocycles. The standard InChI is InChI=1S/C12H14BrFO2/c1-7(2)12(16)11(15)6-8-3-4-10(14)9(13)5-8/h3-5,7,12,16H,6H2,1-2H3. The van der Waals surface area contributed by atoms with Crippen LogP contribution in [0.2, 0.25) is 0 Å². The Labute approximate surface area is 103 Å². The summed E-state index contributed by atoms with van der Waals surface area (Å²) in [6, 6.07) is 4.40. The molecular weight excluding hydrogens is 275 g/mol. The number of carbonyl (C=O) groups is 1. The minimum atomic E-state index is -0.955. The molecule has 1 unspecified atom stereocenters. The van der Waals surface area contributed by atoms with Crippen LogP contribution < -0.4 is 0 Å². The van der Waals surface area contributed by atoms with Crippen molar-refractivity contribution in [3.05, 3.63) is 34.1 Å². The first-order valence-corrected chi connectivity index (χ1v) is 5.86. The summed E-state index contributed by atoms with van der Waals surface area (Å²) in [7, 11) is 0. The van der Waals surface area contributed by atoms with Crippen LogP contribution in [0.25, 0.3) is 0 Å². The molecule has 0 aromatic heterocycles. The highest BCUT2D eigenvalue weighted by Crippen LogP contribution is 2.18. The van der Waals surface area contributed by atoms with E-state index in [0.717, 1.165) is 0 Å². The Morgan fingerprint density at radius 3 is 2.62 bits per heavy atom. The van der Waals surface area contributed by atoms with Crippen molar-refractivity contribution in [3.63, 3.8) is 0 Å². The predicted molar refractivity (Wildman–Crippen MR) is 63.7 cm³/mol. The summed E-state index contributed by atoms with van der Waals surface area (Å²) in [6.07, 6.45) is -0.832. The van der Waals surface area contributed by atoms with Gasteiger partial charge in [-0.3, -0.25) is 4.79 Å². The largest absolute Gasteiger partial charge is 0.385 e. The van der Waals surface area contributed by atoms with Gasteiger partial charge in [0.1, 0.15) is 11.9 Å². The molecule has 1 N–H and O–H groups in total. The molecule has 0 aliphatic heterocycles. The molecule has 16 heavy (non-hydrogen) atoms. The summed E-state index contributed by atoms with van der Waals surface area (Å²) in [6.45, 7) is 3.56. The monoisotopic (exact) mass is 288 g/mol. The lowest BCUT2D eigenvalue weighted by atomic mass is 9.98. The fourth-order valence-electron chi connectivity index (χ4n) is 1.33. The highest BCUT2D eigenvalue weighted by molar-refractivity contribution is 9.10. The number of aliphatic hydroxyl groups is 1. The van der Waals surface area contributed by atoms with Crippen LogP contribution in [0.3, 0.4) is 0 Å². The fraction of sp³-hybridized carbons (Fsp3) is 0.417. The topological polar surface area (TPSA) is 37.3 Å². The van der Waals surface area contributed by atoms with E-state index in [4.69, 9.17) is 0 Å². The normalized spacial score (nSPS) is 12.9. The van der Waals surface area contributed by atoms with Crippen LogP contribution in [-0.4, -0.2) is 17.0 Å². The van der Waals surface area contributed by atoms with Crippen molar-refractivity contribution >= 4 is 21.7 Å². The SMILES string of the molecule is CC(C)C(O)C(=O)Cc1ccc(F)c(Br)c1. The van der Waals surface area contributed by atoms with E-state index in [1.807, 2.05) is 0 Å². The Hall–Kier alpha value is -0.740. The number of ketones is 1. The number of carbonyl (C=O) groups excluding carboxylic acids is 1. The molecule has 1 rings (SSSR count). The Morgan fingerprint density at radius 2 is 2.12 bits per heavy atom. The van der Waals surface area contributed by atoms with Crippen molar-refractivity contribution in [2.75, 3.05) is 0 Å². The van der Waals surface area contributed by atoms with Gasteiger partial charge in [-0.1, -0.05) is 19.9 Å². The number of hydrogen-bond acceptors (Lipinski definition) is 2. The molecular formula is C12H14BrFO2. The molecule has 0 saturated heterocycles. The van der Waals surface area contributed by atoms with Gasteiger partial charge in [0.15, 0.2) is 5.78 Å². The van der Waals surface area contributed by atoms with Gasteiger partial charge in [0, 0.05) is 6.42 Å². The highest BCUT2D eigenvalue weighted by Gasteiger charge is 2.19. The fourth-order valence-corrected chi connectivity index (χ4v) is 1.75. The molecule has 1 atom stereocenters. The second kappa shape index (κ2) is 5.55.